The van der Waals surface area contributed by atoms with Crippen LogP contribution in [0.3, 0.4) is 0 Å². The molecule has 0 saturated carbocycles. The van der Waals surface area contributed by atoms with Gasteiger partial charge in [0.1, 0.15) is 0 Å². The number of halogens is 1. The Morgan fingerprint density at radius 1 is 0.609 bits per heavy atom. The van der Waals surface area contributed by atoms with Crippen molar-refractivity contribution < 1.29 is 19.5 Å². The van der Waals surface area contributed by atoms with E-state index >= 15 is 0 Å². The van der Waals surface area contributed by atoms with Crippen molar-refractivity contribution in [2.24, 2.45) is 5.84 Å². The summed E-state index contributed by atoms with van der Waals surface area (Å²) >= 11 is 4.53. The topological polar surface area (TPSA) is 38.0 Å². The van der Waals surface area contributed by atoms with Gasteiger partial charge in [0.15, 0.2) is 0 Å². The summed E-state index contributed by atoms with van der Waals surface area (Å²) in [5.41, 5.74) is 0. The zero-order valence-corrected chi connectivity index (χ0v) is 15.8. The van der Waals surface area contributed by atoms with Crippen LogP contribution >= 0.6 is 19.7 Å². The largest absolute Gasteiger partial charge is 0.257 e. The summed E-state index contributed by atoms with van der Waals surface area (Å²) < 4.78 is 0. The van der Waals surface area contributed by atoms with E-state index in [1.54, 1.807) is 4.94 Å². The molecule has 0 atom stereocenters. The molecule has 0 aliphatic carbocycles. The maximum absolute atomic E-state index is 4.53. The van der Waals surface area contributed by atoms with Crippen molar-refractivity contribution in [3.63, 3.8) is 0 Å². The second kappa shape index (κ2) is 11.5. The summed E-state index contributed by atoms with van der Waals surface area (Å²) in [7, 11) is -0.446. The summed E-state index contributed by atoms with van der Waals surface area (Å²) in [5.74, 6) is 4.36. The van der Waals surface area contributed by atoms with E-state index in [1.807, 2.05) is 0 Å². The fourth-order valence-electron chi connectivity index (χ4n) is 2.18. The van der Waals surface area contributed by atoms with Crippen LogP contribution in [0.1, 0.15) is 0 Å². The molecule has 0 unspecified atom stereocenters. The molecule has 0 aliphatic heterocycles. The maximum atomic E-state index is 4.53. The first-order chi connectivity index (χ1) is 10.9. The van der Waals surface area contributed by atoms with Gasteiger partial charge in [-0.1, -0.05) is 91.0 Å². The molecule has 0 aromatic heterocycles. The molecule has 0 bridgehead atoms. The van der Waals surface area contributed by atoms with E-state index in [0.29, 0.717) is 0 Å². The standard InChI is InChI=1S/C18H15P.ClH3N2.Ru/c1-4-10-16(11-5-1)19(17-12-6-2-7-13-17)18-14-8-3-9-15-18;1-3-2;/h1-15H;3H,2H2;. The van der Waals surface area contributed by atoms with Gasteiger partial charge in [-0.2, -0.15) is 4.94 Å². The Labute approximate surface area is 156 Å². The van der Waals surface area contributed by atoms with Crippen molar-refractivity contribution in [2.45, 2.75) is 0 Å². The van der Waals surface area contributed by atoms with E-state index < -0.39 is 7.92 Å². The van der Waals surface area contributed by atoms with E-state index in [-0.39, 0.29) is 19.5 Å². The van der Waals surface area contributed by atoms with Crippen molar-refractivity contribution in [1.82, 2.24) is 4.94 Å². The number of benzene rings is 3. The van der Waals surface area contributed by atoms with Gasteiger partial charge >= 0.3 is 0 Å². The van der Waals surface area contributed by atoms with Gasteiger partial charge in [-0.05, 0) is 35.6 Å². The molecule has 0 amide bonds. The van der Waals surface area contributed by atoms with Gasteiger partial charge in [0.2, 0.25) is 0 Å². The van der Waals surface area contributed by atoms with Crippen LogP contribution in [0, 0.1) is 0 Å². The molecule has 3 N–H and O–H groups in total. The molecule has 0 heterocycles. The predicted octanol–water partition coefficient (Wildman–Crippen LogP) is 3.05. The third-order valence-electron chi connectivity index (χ3n) is 3.04. The van der Waals surface area contributed by atoms with E-state index in [0.717, 1.165) is 0 Å². The fraction of sp³-hybridized carbons (Fsp3) is 0. The van der Waals surface area contributed by atoms with E-state index in [4.69, 9.17) is 0 Å². The van der Waals surface area contributed by atoms with Gasteiger partial charge in [-0.15, -0.1) is 0 Å². The monoisotopic (exact) mass is 430 g/mol. The van der Waals surface area contributed by atoms with Gasteiger partial charge in [0, 0.05) is 19.5 Å². The minimum Gasteiger partial charge on any atom is -0.257 e. The van der Waals surface area contributed by atoms with Crippen LogP contribution in [0.4, 0.5) is 0 Å². The molecule has 3 aromatic carbocycles. The van der Waals surface area contributed by atoms with E-state index in [2.05, 4.69) is 109 Å². The Morgan fingerprint density at radius 2 is 0.826 bits per heavy atom. The minimum absolute atomic E-state index is 0. The van der Waals surface area contributed by atoms with E-state index in [1.165, 1.54) is 15.9 Å². The predicted molar refractivity (Wildman–Crippen MR) is 98.3 cm³/mol. The van der Waals surface area contributed by atoms with Gasteiger partial charge in [-0.3, -0.25) is 5.84 Å². The first kappa shape index (κ1) is 20.0. The zero-order chi connectivity index (χ0) is 15.6. The van der Waals surface area contributed by atoms with Crippen LogP contribution in [0.25, 0.3) is 0 Å². The second-order valence-corrected chi connectivity index (χ2v) is 6.89. The smallest absolute Gasteiger partial charge is 0 e. The normalized spacial score (nSPS) is 9.52. The Hall–Kier alpha value is -1.08. The van der Waals surface area contributed by atoms with Crippen LogP contribution in [0.2, 0.25) is 0 Å². The molecule has 3 aromatic rings. The molecule has 0 spiro atoms. The summed E-state index contributed by atoms with van der Waals surface area (Å²) in [4.78, 5) is 1.72. The fourth-order valence-corrected chi connectivity index (χ4v) is 4.48. The molecule has 0 saturated heterocycles. The molecule has 5 heteroatoms. The Balaban J connectivity index is 0.000000615. The number of hydrogen-bond acceptors (Lipinski definition) is 2. The molecule has 3 rings (SSSR count). The van der Waals surface area contributed by atoms with Crippen molar-refractivity contribution in [1.29, 1.82) is 0 Å². The number of hydrogen-bond donors (Lipinski definition) is 2. The van der Waals surface area contributed by atoms with Gasteiger partial charge in [0.25, 0.3) is 0 Å². The number of rotatable bonds is 3. The molecule has 120 valence electrons. The Bertz CT molecular complexity index is 560. The van der Waals surface area contributed by atoms with Crippen molar-refractivity contribution in [3.05, 3.63) is 91.0 Å². The van der Waals surface area contributed by atoms with Gasteiger partial charge < -0.3 is 0 Å². The molecule has 23 heavy (non-hydrogen) atoms. The molecular formula is C18H18ClN2PRu. The van der Waals surface area contributed by atoms with Crippen LogP contribution in [0.5, 0.6) is 0 Å². The van der Waals surface area contributed by atoms with Crippen molar-refractivity contribution in [2.75, 3.05) is 0 Å². The Morgan fingerprint density at radius 3 is 1.04 bits per heavy atom. The second-order valence-electron chi connectivity index (χ2n) is 4.45. The van der Waals surface area contributed by atoms with Crippen LogP contribution in [0.15, 0.2) is 91.0 Å². The zero-order valence-electron chi connectivity index (χ0n) is 12.4. The van der Waals surface area contributed by atoms with Crippen LogP contribution in [-0.4, -0.2) is 0 Å². The molecule has 0 aliphatic rings. The third-order valence-corrected chi connectivity index (χ3v) is 5.49. The van der Waals surface area contributed by atoms with Crippen molar-refractivity contribution >= 4 is 35.6 Å². The first-order valence-corrected chi connectivity index (χ1v) is 8.60. The summed E-state index contributed by atoms with van der Waals surface area (Å²) in [6.07, 6.45) is 0. The van der Waals surface area contributed by atoms with Crippen LogP contribution < -0.4 is 26.7 Å². The summed E-state index contributed by atoms with van der Waals surface area (Å²) in [5, 5.41) is 4.19. The molecule has 0 radical (unpaired) electrons. The molecule has 2 nitrogen and oxygen atoms in total. The van der Waals surface area contributed by atoms with Crippen molar-refractivity contribution in [3.8, 4) is 0 Å². The average molecular weight is 430 g/mol. The average Bonchev–Trinajstić information content (AvgIpc) is 2.59. The summed E-state index contributed by atoms with van der Waals surface area (Å²) in [6.45, 7) is 0. The number of nitrogens with one attached hydrogen (secondary N) is 1. The number of hydrazine groups is 1. The Kier molecular flexibility index (Phi) is 9.95. The van der Waals surface area contributed by atoms with Gasteiger partial charge in [-0.25, -0.2) is 0 Å². The summed E-state index contributed by atoms with van der Waals surface area (Å²) in [6, 6.07) is 32.3. The van der Waals surface area contributed by atoms with Crippen LogP contribution in [-0.2, 0) is 19.5 Å². The third kappa shape index (κ3) is 6.14. The quantitative estimate of drug-likeness (QED) is 0.221. The molecule has 0 fully saturated rings. The molecular weight excluding hydrogens is 412 g/mol. The first-order valence-electron chi connectivity index (χ1n) is 6.88. The number of nitrogens with two attached hydrogens (primary N) is 1. The maximum Gasteiger partial charge on any atom is 0 e. The van der Waals surface area contributed by atoms with Gasteiger partial charge in [0.05, 0.1) is 0 Å². The SMILES string of the molecule is NNCl.[Ru].c1ccc(P(c2ccccc2)c2ccccc2)cc1. The van der Waals surface area contributed by atoms with E-state index in [9.17, 15) is 0 Å². The minimum atomic E-state index is -0.446.